The lowest BCUT2D eigenvalue weighted by atomic mass is 10.0. The van der Waals surface area contributed by atoms with Gasteiger partial charge in [-0.1, -0.05) is 25.1 Å². The molecule has 0 saturated carbocycles. The van der Waals surface area contributed by atoms with Gasteiger partial charge in [0.1, 0.15) is 12.4 Å². The van der Waals surface area contributed by atoms with E-state index in [2.05, 4.69) is 41.1 Å². The van der Waals surface area contributed by atoms with Crippen molar-refractivity contribution in [1.82, 2.24) is 14.9 Å². The van der Waals surface area contributed by atoms with E-state index in [1.807, 2.05) is 18.3 Å². The number of para-hydroxylation sites is 1. The third kappa shape index (κ3) is 4.08. The molecule has 0 bridgehead atoms. The van der Waals surface area contributed by atoms with Crippen LogP contribution >= 0.6 is 0 Å². The molecule has 0 amide bonds. The summed E-state index contributed by atoms with van der Waals surface area (Å²) in [6.45, 7) is 7.10. The summed E-state index contributed by atoms with van der Waals surface area (Å²) < 4.78 is 11.3. The largest absolute Gasteiger partial charge is 0.476 e. The Kier molecular flexibility index (Phi) is 5.69. The molecular formula is C22H26N4O2. The molecule has 4 rings (SSSR count). The number of ether oxygens (including phenoxy) is 2. The Labute approximate surface area is 165 Å². The van der Waals surface area contributed by atoms with Crippen LogP contribution in [0.2, 0.25) is 0 Å². The molecule has 2 aromatic heterocycles. The first-order valence-electron chi connectivity index (χ1n) is 9.82. The van der Waals surface area contributed by atoms with Crippen LogP contribution in [0.1, 0.15) is 12.5 Å². The number of nitrogen functional groups attached to an aromatic ring is 1. The van der Waals surface area contributed by atoms with Crippen LogP contribution in [0.3, 0.4) is 0 Å². The predicted molar refractivity (Wildman–Crippen MR) is 112 cm³/mol. The SMILES string of the molecule is CCc1cc(-c2cccc3ccc(OCCN4CCOCC4)nc23)cnc1N. The van der Waals surface area contributed by atoms with E-state index in [9.17, 15) is 0 Å². The highest BCUT2D eigenvalue weighted by Gasteiger charge is 2.12. The molecule has 1 aliphatic rings. The Morgan fingerprint density at radius 2 is 2.04 bits per heavy atom. The molecule has 3 aromatic rings. The van der Waals surface area contributed by atoms with Gasteiger partial charge in [0, 0.05) is 48.4 Å². The van der Waals surface area contributed by atoms with Crippen molar-refractivity contribution in [3.63, 3.8) is 0 Å². The number of hydrogen-bond acceptors (Lipinski definition) is 6. The van der Waals surface area contributed by atoms with E-state index in [0.717, 1.165) is 66.9 Å². The van der Waals surface area contributed by atoms with E-state index < -0.39 is 0 Å². The summed E-state index contributed by atoms with van der Waals surface area (Å²) in [6, 6.07) is 12.3. The zero-order valence-electron chi connectivity index (χ0n) is 16.2. The fourth-order valence-corrected chi connectivity index (χ4v) is 3.50. The number of nitrogens with two attached hydrogens (primary N) is 1. The van der Waals surface area contributed by atoms with Crippen LogP contribution in [0.15, 0.2) is 42.6 Å². The van der Waals surface area contributed by atoms with Crippen LogP contribution in [0.5, 0.6) is 5.88 Å². The summed E-state index contributed by atoms with van der Waals surface area (Å²) in [6.07, 6.45) is 2.66. The first-order valence-corrected chi connectivity index (χ1v) is 9.82. The standard InChI is InChI=1S/C22H26N4O2/c1-2-16-14-18(15-24-22(16)23)19-5-3-4-17-6-7-20(25-21(17)19)28-13-10-26-8-11-27-12-9-26/h3-7,14-15H,2,8-13H2,1H3,(H2,23,24). The third-order valence-corrected chi connectivity index (χ3v) is 5.15. The number of rotatable bonds is 6. The molecule has 1 aromatic carbocycles. The van der Waals surface area contributed by atoms with Gasteiger partial charge in [0.15, 0.2) is 0 Å². The molecule has 0 aliphatic carbocycles. The molecule has 0 atom stereocenters. The van der Waals surface area contributed by atoms with Crippen LogP contribution in [0.4, 0.5) is 5.82 Å². The fraction of sp³-hybridized carbons (Fsp3) is 0.364. The van der Waals surface area contributed by atoms with Gasteiger partial charge in [-0.3, -0.25) is 4.90 Å². The summed E-state index contributed by atoms with van der Waals surface area (Å²) in [5.41, 5.74) is 10.0. The molecule has 6 nitrogen and oxygen atoms in total. The molecular weight excluding hydrogens is 352 g/mol. The Bertz CT molecular complexity index is 954. The van der Waals surface area contributed by atoms with Crippen molar-refractivity contribution < 1.29 is 9.47 Å². The highest BCUT2D eigenvalue weighted by molar-refractivity contribution is 5.94. The average Bonchev–Trinajstić information content (AvgIpc) is 2.74. The molecule has 3 heterocycles. The van der Waals surface area contributed by atoms with Crippen LogP contribution in [0.25, 0.3) is 22.0 Å². The van der Waals surface area contributed by atoms with Gasteiger partial charge in [-0.15, -0.1) is 0 Å². The molecule has 28 heavy (non-hydrogen) atoms. The summed E-state index contributed by atoms with van der Waals surface area (Å²) in [5, 5.41) is 1.08. The Morgan fingerprint density at radius 1 is 1.18 bits per heavy atom. The second-order valence-electron chi connectivity index (χ2n) is 6.95. The van der Waals surface area contributed by atoms with Crippen LogP contribution < -0.4 is 10.5 Å². The molecule has 0 spiro atoms. The van der Waals surface area contributed by atoms with Crippen LogP contribution in [-0.4, -0.2) is 54.3 Å². The van der Waals surface area contributed by atoms with E-state index in [-0.39, 0.29) is 0 Å². The van der Waals surface area contributed by atoms with Gasteiger partial charge >= 0.3 is 0 Å². The van der Waals surface area contributed by atoms with Gasteiger partial charge < -0.3 is 15.2 Å². The van der Waals surface area contributed by atoms with E-state index in [1.165, 1.54) is 0 Å². The second-order valence-corrected chi connectivity index (χ2v) is 6.95. The lowest BCUT2D eigenvalue weighted by Gasteiger charge is -2.26. The van der Waals surface area contributed by atoms with Crippen LogP contribution in [-0.2, 0) is 11.2 Å². The zero-order valence-corrected chi connectivity index (χ0v) is 16.2. The summed E-state index contributed by atoms with van der Waals surface area (Å²) in [5.74, 6) is 1.24. The minimum absolute atomic E-state index is 0.589. The van der Waals surface area contributed by atoms with E-state index in [1.54, 1.807) is 0 Å². The predicted octanol–water partition coefficient (Wildman–Crippen LogP) is 3.15. The van der Waals surface area contributed by atoms with Crippen molar-refractivity contribution in [2.45, 2.75) is 13.3 Å². The van der Waals surface area contributed by atoms with Gasteiger partial charge in [-0.05, 0) is 24.1 Å². The molecule has 1 saturated heterocycles. The summed E-state index contributed by atoms with van der Waals surface area (Å²) in [7, 11) is 0. The lowest BCUT2D eigenvalue weighted by Crippen LogP contribution is -2.38. The summed E-state index contributed by atoms with van der Waals surface area (Å²) >= 11 is 0. The number of fused-ring (bicyclic) bond motifs is 1. The number of aryl methyl sites for hydroxylation is 1. The van der Waals surface area contributed by atoms with Gasteiger partial charge in [0.2, 0.25) is 5.88 Å². The van der Waals surface area contributed by atoms with Crippen molar-refractivity contribution >= 4 is 16.7 Å². The monoisotopic (exact) mass is 378 g/mol. The van der Waals surface area contributed by atoms with Gasteiger partial charge in [-0.25, -0.2) is 9.97 Å². The number of hydrogen-bond donors (Lipinski definition) is 1. The second kappa shape index (κ2) is 8.54. The molecule has 6 heteroatoms. The van der Waals surface area contributed by atoms with Crippen LogP contribution in [0, 0.1) is 0 Å². The van der Waals surface area contributed by atoms with E-state index in [4.69, 9.17) is 20.2 Å². The fourth-order valence-electron chi connectivity index (χ4n) is 3.50. The van der Waals surface area contributed by atoms with Gasteiger partial charge in [0.25, 0.3) is 0 Å². The molecule has 146 valence electrons. The summed E-state index contributed by atoms with van der Waals surface area (Å²) in [4.78, 5) is 11.5. The quantitative estimate of drug-likeness (QED) is 0.710. The zero-order chi connectivity index (χ0) is 19.3. The smallest absolute Gasteiger partial charge is 0.213 e. The molecule has 1 aliphatic heterocycles. The highest BCUT2D eigenvalue weighted by Crippen LogP contribution is 2.30. The number of morpholine rings is 1. The Balaban J connectivity index is 1.57. The van der Waals surface area contributed by atoms with Crippen molar-refractivity contribution in [3.8, 4) is 17.0 Å². The van der Waals surface area contributed by atoms with E-state index >= 15 is 0 Å². The van der Waals surface area contributed by atoms with Crippen molar-refractivity contribution in [2.75, 3.05) is 45.2 Å². The number of benzene rings is 1. The molecule has 0 unspecified atom stereocenters. The van der Waals surface area contributed by atoms with Crippen molar-refractivity contribution in [1.29, 1.82) is 0 Å². The van der Waals surface area contributed by atoms with Crippen molar-refractivity contribution in [2.24, 2.45) is 0 Å². The first-order chi connectivity index (χ1) is 13.7. The normalized spacial score (nSPS) is 15.0. The Hall–Kier alpha value is -2.70. The minimum Gasteiger partial charge on any atom is -0.476 e. The Morgan fingerprint density at radius 3 is 2.86 bits per heavy atom. The average molecular weight is 378 g/mol. The lowest BCUT2D eigenvalue weighted by molar-refractivity contribution is 0.0320. The van der Waals surface area contributed by atoms with Gasteiger partial charge in [-0.2, -0.15) is 0 Å². The van der Waals surface area contributed by atoms with Crippen molar-refractivity contribution in [3.05, 3.63) is 48.2 Å². The molecule has 1 fully saturated rings. The maximum atomic E-state index is 5.97. The minimum atomic E-state index is 0.589. The highest BCUT2D eigenvalue weighted by atomic mass is 16.5. The number of pyridine rings is 2. The number of nitrogens with zero attached hydrogens (tertiary/aromatic N) is 3. The maximum absolute atomic E-state index is 5.97. The molecule has 0 radical (unpaired) electrons. The number of anilines is 1. The first kappa shape index (κ1) is 18.7. The van der Waals surface area contributed by atoms with E-state index in [0.29, 0.717) is 18.3 Å². The topological polar surface area (TPSA) is 73.5 Å². The maximum Gasteiger partial charge on any atom is 0.213 e. The third-order valence-electron chi connectivity index (χ3n) is 5.15. The van der Waals surface area contributed by atoms with Gasteiger partial charge in [0.05, 0.1) is 18.7 Å². The molecule has 2 N–H and O–H groups in total. The number of aromatic nitrogens is 2.